The van der Waals surface area contributed by atoms with E-state index >= 15 is 0 Å². The Hall–Kier alpha value is -1.13. The Morgan fingerprint density at radius 3 is 2.75 bits per heavy atom. The Bertz CT molecular complexity index is 563. The summed E-state index contributed by atoms with van der Waals surface area (Å²) < 4.78 is 0. The zero-order valence-electron chi connectivity index (χ0n) is 11.1. The number of pyridine rings is 1. The van der Waals surface area contributed by atoms with E-state index in [9.17, 15) is 5.11 Å². The van der Waals surface area contributed by atoms with Crippen molar-refractivity contribution in [2.45, 2.75) is 19.1 Å². The maximum absolute atomic E-state index is 10.1. The van der Waals surface area contributed by atoms with Crippen LogP contribution in [-0.4, -0.2) is 16.6 Å². The van der Waals surface area contributed by atoms with Crippen molar-refractivity contribution in [2.24, 2.45) is 0 Å². The molecule has 2 aromatic rings. The molecule has 0 aliphatic rings. The second kappa shape index (κ2) is 7.04. The summed E-state index contributed by atoms with van der Waals surface area (Å²) in [4.78, 5) is 3.99. The van der Waals surface area contributed by atoms with Gasteiger partial charge in [0.15, 0.2) is 0 Å². The normalized spacial score (nSPS) is 14.0. The number of aliphatic hydroxyl groups is 1. The highest BCUT2D eigenvalue weighted by Gasteiger charge is 2.13. The summed E-state index contributed by atoms with van der Waals surface area (Å²) in [7, 11) is 0. The lowest BCUT2D eigenvalue weighted by Crippen LogP contribution is -2.25. The first-order chi connectivity index (χ1) is 9.58. The fourth-order valence-corrected chi connectivity index (χ4v) is 2.51. The molecule has 106 valence electrons. The largest absolute Gasteiger partial charge is 0.387 e. The summed E-state index contributed by atoms with van der Waals surface area (Å²) in [6.07, 6.45) is 2.74. The van der Waals surface area contributed by atoms with Crippen LogP contribution in [0.25, 0.3) is 0 Å². The predicted octanol–water partition coefficient (Wildman–Crippen LogP) is 3.77. The van der Waals surface area contributed by atoms with Gasteiger partial charge in [-0.3, -0.25) is 4.98 Å². The SMILES string of the molecule is C[C@H](NC[C@@H](O)c1cccnc1)c1ccc(Cl)cc1Cl. The molecule has 1 aromatic carbocycles. The molecule has 0 aliphatic heterocycles. The monoisotopic (exact) mass is 310 g/mol. The van der Waals surface area contributed by atoms with Crippen molar-refractivity contribution in [3.63, 3.8) is 0 Å². The molecule has 0 amide bonds. The van der Waals surface area contributed by atoms with Crippen LogP contribution in [0.3, 0.4) is 0 Å². The molecule has 0 radical (unpaired) electrons. The van der Waals surface area contributed by atoms with Gasteiger partial charge in [-0.1, -0.05) is 35.3 Å². The van der Waals surface area contributed by atoms with Gasteiger partial charge in [-0.15, -0.1) is 0 Å². The summed E-state index contributed by atoms with van der Waals surface area (Å²) in [6, 6.07) is 9.08. The van der Waals surface area contributed by atoms with E-state index < -0.39 is 6.10 Å². The lowest BCUT2D eigenvalue weighted by Gasteiger charge is -2.18. The van der Waals surface area contributed by atoms with Gasteiger partial charge in [0, 0.05) is 40.6 Å². The molecule has 2 atom stereocenters. The maximum Gasteiger partial charge on any atom is 0.0929 e. The maximum atomic E-state index is 10.1. The third kappa shape index (κ3) is 3.93. The van der Waals surface area contributed by atoms with Crippen LogP contribution >= 0.6 is 23.2 Å². The van der Waals surface area contributed by atoms with Crippen molar-refractivity contribution in [1.82, 2.24) is 10.3 Å². The molecule has 20 heavy (non-hydrogen) atoms. The molecule has 0 spiro atoms. The number of hydrogen-bond acceptors (Lipinski definition) is 3. The number of hydrogen-bond donors (Lipinski definition) is 2. The fraction of sp³-hybridized carbons (Fsp3) is 0.267. The van der Waals surface area contributed by atoms with E-state index in [-0.39, 0.29) is 6.04 Å². The Morgan fingerprint density at radius 1 is 1.30 bits per heavy atom. The zero-order valence-corrected chi connectivity index (χ0v) is 12.6. The van der Waals surface area contributed by atoms with Gasteiger partial charge in [0.2, 0.25) is 0 Å². The molecule has 0 aliphatic carbocycles. The van der Waals surface area contributed by atoms with Crippen LogP contribution in [0.1, 0.15) is 30.2 Å². The second-order valence-electron chi connectivity index (χ2n) is 4.60. The Balaban J connectivity index is 1.96. The average Bonchev–Trinajstić information content (AvgIpc) is 2.45. The van der Waals surface area contributed by atoms with E-state index in [0.29, 0.717) is 16.6 Å². The Kier molecular flexibility index (Phi) is 5.38. The summed E-state index contributed by atoms with van der Waals surface area (Å²) in [6.45, 7) is 2.41. The zero-order chi connectivity index (χ0) is 14.5. The van der Waals surface area contributed by atoms with E-state index in [0.717, 1.165) is 11.1 Å². The van der Waals surface area contributed by atoms with Gasteiger partial charge in [0.25, 0.3) is 0 Å². The molecule has 3 nitrogen and oxygen atoms in total. The van der Waals surface area contributed by atoms with Gasteiger partial charge in [-0.05, 0) is 30.7 Å². The number of halogens is 2. The molecule has 0 saturated heterocycles. The average molecular weight is 311 g/mol. The van der Waals surface area contributed by atoms with E-state index in [4.69, 9.17) is 23.2 Å². The summed E-state index contributed by atoms with van der Waals surface area (Å²) in [5, 5.41) is 14.6. The van der Waals surface area contributed by atoms with Crippen molar-refractivity contribution in [3.8, 4) is 0 Å². The highest BCUT2D eigenvalue weighted by atomic mass is 35.5. The number of benzene rings is 1. The highest BCUT2D eigenvalue weighted by Crippen LogP contribution is 2.26. The highest BCUT2D eigenvalue weighted by molar-refractivity contribution is 6.35. The lowest BCUT2D eigenvalue weighted by atomic mass is 10.1. The fourth-order valence-electron chi connectivity index (χ4n) is 1.94. The van der Waals surface area contributed by atoms with Crippen LogP contribution in [0.5, 0.6) is 0 Å². The molecule has 0 bridgehead atoms. The molecule has 0 fully saturated rings. The molecular formula is C15H16Cl2N2O. The minimum absolute atomic E-state index is 0.0195. The van der Waals surface area contributed by atoms with Gasteiger partial charge in [-0.2, -0.15) is 0 Å². The van der Waals surface area contributed by atoms with E-state index in [1.54, 1.807) is 30.6 Å². The predicted molar refractivity (Wildman–Crippen MR) is 82.1 cm³/mol. The van der Waals surface area contributed by atoms with Crippen LogP contribution in [-0.2, 0) is 0 Å². The molecular weight excluding hydrogens is 295 g/mol. The quantitative estimate of drug-likeness (QED) is 0.883. The first kappa shape index (κ1) is 15.3. The van der Waals surface area contributed by atoms with Gasteiger partial charge in [-0.25, -0.2) is 0 Å². The van der Waals surface area contributed by atoms with Crippen LogP contribution in [0.15, 0.2) is 42.7 Å². The second-order valence-corrected chi connectivity index (χ2v) is 5.44. The number of nitrogens with one attached hydrogen (secondary N) is 1. The first-order valence-electron chi connectivity index (χ1n) is 6.34. The lowest BCUT2D eigenvalue weighted by molar-refractivity contribution is 0.170. The van der Waals surface area contributed by atoms with Crippen LogP contribution in [0, 0.1) is 0 Å². The number of rotatable bonds is 5. The molecule has 0 unspecified atom stereocenters. The van der Waals surface area contributed by atoms with Crippen molar-refractivity contribution in [1.29, 1.82) is 0 Å². The van der Waals surface area contributed by atoms with Crippen molar-refractivity contribution < 1.29 is 5.11 Å². The summed E-state index contributed by atoms with van der Waals surface area (Å²) in [5.74, 6) is 0. The van der Waals surface area contributed by atoms with Gasteiger partial charge >= 0.3 is 0 Å². The minimum atomic E-state index is -0.600. The first-order valence-corrected chi connectivity index (χ1v) is 7.10. The third-order valence-corrected chi connectivity index (χ3v) is 3.68. The molecule has 2 rings (SSSR count). The molecule has 2 N–H and O–H groups in total. The number of aromatic nitrogens is 1. The van der Waals surface area contributed by atoms with Crippen molar-refractivity contribution in [3.05, 3.63) is 63.9 Å². The van der Waals surface area contributed by atoms with Gasteiger partial charge in [0.05, 0.1) is 6.10 Å². The Labute approximate surface area is 128 Å². The molecule has 1 heterocycles. The third-order valence-electron chi connectivity index (χ3n) is 3.12. The van der Waals surface area contributed by atoms with E-state index in [1.165, 1.54) is 0 Å². The van der Waals surface area contributed by atoms with Crippen molar-refractivity contribution in [2.75, 3.05) is 6.54 Å². The number of nitrogens with zero attached hydrogens (tertiary/aromatic N) is 1. The van der Waals surface area contributed by atoms with E-state index in [2.05, 4.69) is 10.3 Å². The van der Waals surface area contributed by atoms with Gasteiger partial charge < -0.3 is 10.4 Å². The van der Waals surface area contributed by atoms with Crippen LogP contribution < -0.4 is 5.32 Å². The minimum Gasteiger partial charge on any atom is -0.387 e. The van der Waals surface area contributed by atoms with Gasteiger partial charge in [0.1, 0.15) is 0 Å². The molecule has 5 heteroatoms. The Morgan fingerprint density at radius 2 is 2.10 bits per heavy atom. The standard InChI is InChI=1S/C15H16Cl2N2O/c1-10(13-5-4-12(16)7-14(13)17)19-9-15(20)11-3-2-6-18-8-11/h2-8,10,15,19-20H,9H2,1H3/t10-,15+/m0/s1. The van der Waals surface area contributed by atoms with Crippen LogP contribution in [0.2, 0.25) is 10.0 Å². The van der Waals surface area contributed by atoms with Crippen LogP contribution in [0.4, 0.5) is 0 Å². The summed E-state index contributed by atoms with van der Waals surface area (Å²) >= 11 is 12.0. The van der Waals surface area contributed by atoms with Crippen molar-refractivity contribution >= 4 is 23.2 Å². The molecule has 0 saturated carbocycles. The molecule has 1 aromatic heterocycles. The van der Waals surface area contributed by atoms with E-state index in [1.807, 2.05) is 19.1 Å². The topological polar surface area (TPSA) is 45.1 Å². The summed E-state index contributed by atoms with van der Waals surface area (Å²) in [5.41, 5.74) is 1.74. The number of aliphatic hydroxyl groups excluding tert-OH is 1. The smallest absolute Gasteiger partial charge is 0.0929 e.